The van der Waals surface area contributed by atoms with Gasteiger partial charge >= 0.3 is 0 Å². The van der Waals surface area contributed by atoms with Gasteiger partial charge in [-0.05, 0) is 36.2 Å². The number of rotatable bonds is 5. The predicted octanol–water partition coefficient (Wildman–Crippen LogP) is 2.63. The summed E-state index contributed by atoms with van der Waals surface area (Å²) >= 11 is 0. The second-order valence-corrected chi connectivity index (χ2v) is 5.55. The number of para-hydroxylation sites is 1. The Bertz CT molecular complexity index is 907. The van der Waals surface area contributed by atoms with E-state index < -0.39 is 5.91 Å². The highest BCUT2D eigenvalue weighted by molar-refractivity contribution is 5.98. The number of phenols is 1. The lowest BCUT2D eigenvalue weighted by molar-refractivity contribution is 0.0949. The van der Waals surface area contributed by atoms with Crippen LogP contribution in [0.25, 0.3) is 10.9 Å². The Hall–Kier alpha value is -3.28. The average Bonchev–Trinajstić information content (AvgIpc) is 2.63. The molecule has 2 aromatic carbocycles. The summed E-state index contributed by atoms with van der Waals surface area (Å²) in [4.78, 5) is 16.4. The molecule has 0 spiro atoms. The summed E-state index contributed by atoms with van der Waals surface area (Å²) in [6.45, 7) is 0.423. The maximum absolute atomic E-state index is 12.3. The van der Waals surface area contributed by atoms with Crippen LogP contribution in [0.5, 0.6) is 17.2 Å². The van der Waals surface area contributed by atoms with Crippen LogP contribution in [-0.2, 0) is 6.42 Å². The van der Waals surface area contributed by atoms with E-state index in [0.29, 0.717) is 18.4 Å². The molecule has 6 nitrogen and oxygen atoms in total. The monoisotopic (exact) mass is 338 g/mol. The summed E-state index contributed by atoms with van der Waals surface area (Å²) in [5.74, 6) is 0.194. The van der Waals surface area contributed by atoms with E-state index >= 15 is 0 Å². The Labute approximate surface area is 144 Å². The highest BCUT2D eigenvalue weighted by Gasteiger charge is 2.13. The van der Waals surface area contributed by atoms with Crippen LogP contribution in [0.2, 0.25) is 0 Å². The zero-order chi connectivity index (χ0) is 17.8. The van der Waals surface area contributed by atoms with Crippen LogP contribution in [0.15, 0.2) is 48.5 Å². The van der Waals surface area contributed by atoms with Crippen molar-refractivity contribution in [3.63, 3.8) is 0 Å². The second-order valence-electron chi connectivity index (χ2n) is 5.55. The van der Waals surface area contributed by atoms with Crippen LogP contribution in [0.4, 0.5) is 0 Å². The molecule has 0 saturated heterocycles. The van der Waals surface area contributed by atoms with E-state index in [0.717, 1.165) is 11.3 Å². The molecule has 0 unspecified atom stereocenters. The molecule has 0 fully saturated rings. The Morgan fingerprint density at radius 1 is 1.12 bits per heavy atom. The number of benzene rings is 2. The number of nitrogens with one attached hydrogen (secondary N) is 1. The third kappa shape index (κ3) is 3.63. The Morgan fingerprint density at radius 3 is 2.60 bits per heavy atom. The molecule has 1 heterocycles. The van der Waals surface area contributed by atoms with Crippen LogP contribution in [0.3, 0.4) is 0 Å². The SMILES string of the molecule is COc1ccc(CCNC(=O)c2cc(O)c3cccc(O)c3n2)cc1. The van der Waals surface area contributed by atoms with E-state index in [9.17, 15) is 15.0 Å². The molecule has 1 aromatic heterocycles. The number of carbonyl (C=O) groups excluding carboxylic acids is 1. The first kappa shape index (κ1) is 16.6. The van der Waals surface area contributed by atoms with E-state index in [1.54, 1.807) is 19.2 Å². The fourth-order valence-electron chi connectivity index (χ4n) is 2.53. The average molecular weight is 338 g/mol. The summed E-state index contributed by atoms with van der Waals surface area (Å²) in [6, 6.07) is 13.6. The standard InChI is InChI=1S/C19H18N2O4/c1-25-13-7-5-12(6-8-13)9-10-20-19(24)15-11-17(23)14-3-2-4-16(22)18(14)21-15/h2-8,11,22H,9-10H2,1H3,(H,20,24)(H,21,23). The number of methoxy groups -OCH3 is 1. The zero-order valence-corrected chi connectivity index (χ0v) is 13.7. The van der Waals surface area contributed by atoms with Gasteiger partial charge in [0.15, 0.2) is 0 Å². The number of amides is 1. The molecule has 0 aliphatic heterocycles. The maximum Gasteiger partial charge on any atom is 0.270 e. The molecular formula is C19H18N2O4. The highest BCUT2D eigenvalue weighted by Crippen LogP contribution is 2.29. The van der Waals surface area contributed by atoms with E-state index in [1.807, 2.05) is 24.3 Å². The number of nitrogens with zero attached hydrogens (tertiary/aromatic N) is 1. The molecule has 0 aliphatic carbocycles. The number of pyridine rings is 1. The molecular weight excluding hydrogens is 320 g/mol. The Morgan fingerprint density at radius 2 is 1.88 bits per heavy atom. The number of hydrogen-bond acceptors (Lipinski definition) is 5. The molecule has 0 saturated carbocycles. The first-order valence-electron chi connectivity index (χ1n) is 7.81. The lowest BCUT2D eigenvalue weighted by Gasteiger charge is -2.08. The summed E-state index contributed by atoms with van der Waals surface area (Å²) in [7, 11) is 1.61. The highest BCUT2D eigenvalue weighted by atomic mass is 16.5. The van der Waals surface area contributed by atoms with Gasteiger partial charge in [-0.25, -0.2) is 4.98 Å². The predicted molar refractivity (Wildman–Crippen MR) is 94.1 cm³/mol. The van der Waals surface area contributed by atoms with Crippen LogP contribution in [-0.4, -0.2) is 34.8 Å². The maximum atomic E-state index is 12.3. The van der Waals surface area contributed by atoms with Gasteiger partial charge in [-0.15, -0.1) is 0 Å². The number of hydrogen-bond donors (Lipinski definition) is 3. The molecule has 0 aliphatic rings. The number of fused-ring (bicyclic) bond motifs is 1. The first-order chi connectivity index (χ1) is 12.1. The van der Waals surface area contributed by atoms with E-state index in [1.165, 1.54) is 12.1 Å². The molecule has 6 heteroatoms. The summed E-state index contributed by atoms with van der Waals surface area (Å²) in [5.41, 5.74) is 1.32. The van der Waals surface area contributed by atoms with Crippen LogP contribution >= 0.6 is 0 Å². The lowest BCUT2D eigenvalue weighted by atomic mass is 10.1. The summed E-state index contributed by atoms with van der Waals surface area (Å²) in [5, 5.41) is 23.0. The molecule has 1 amide bonds. The van der Waals surface area contributed by atoms with Crippen molar-refractivity contribution in [2.75, 3.05) is 13.7 Å². The molecule has 128 valence electrons. The lowest BCUT2D eigenvalue weighted by Crippen LogP contribution is -2.26. The molecule has 0 radical (unpaired) electrons. The van der Waals surface area contributed by atoms with Crippen molar-refractivity contribution < 1.29 is 19.7 Å². The normalized spacial score (nSPS) is 10.6. The van der Waals surface area contributed by atoms with Gasteiger partial charge in [0.25, 0.3) is 5.91 Å². The van der Waals surface area contributed by atoms with Gasteiger partial charge in [0.05, 0.1) is 7.11 Å². The van der Waals surface area contributed by atoms with E-state index in [2.05, 4.69) is 10.3 Å². The molecule has 3 aromatic rings. The Kier molecular flexibility index (Phi) is 4.70. The molecule has 3 rings (SSSR count). The van der Waals surface area contributed by atoms with Gasteiger partial charge in [-0.3, -0.25) is 4.79 Å². The van der Waals surface area contributed by atoms with Gasteiger partial charge < -0.3 is 20.3 Å². The van der Waals surface area contributed by atoms with Gasteiger partial charge in [0.2, 0.25) is 0 Å². The van der Waals surface area contributed by atoms with Gasteiger partial charge in [-0.1, -0.05) is 18.2 Å². The first-order valence-corrected chi connectivity index (χ1v) is 7.81. The second kappa shape index (κ2) is 7.09. The van der Waals surface area contributed by atoms with Crippen molar-refractivity contribution in [1.82, 2.24) is 10.3 Å². The smallest absolute Gasteiger partial charge is 0.270 e. The molecule has 0 atom stereocenters. The minimum atomic E-state index is -0.408. The Balaban J connectivity index is 1.68. The van der Waals surface area contributed by atoms with Gasteiger partial charge in [-0.2, -0.15) is 0 Å². The quantitative estimate of drug-likeness (QED) is 0.665. The number of aromatic nitrogens is 1. The molecule has 25 heavy (non-hydrogen) atoms. The minimum absolute atomic E-state index is 0.0567. The van der Waals surface area contributed by atoms with Crippen molar-refractivity contribution in [3.8, 4) is 17.2 Å². The van der Waals surface area contributed by atoms with E-state index in [-0.39, 0.29) is 22.7 Å². The van der Waals surface area contributed by atoms with Crippen molar-refractivity contribution in [3.05, 3.63) is 59.8 Å². The topological polar surface area (TPSA) is 91.7 Å². The number of phenolic OH excluding ortho intramolecular Hbond substituents is 1. The van der Waals surface area contributed by atoms with Crippen molar-refractivity contribution >= 4 is 16.8 Å². The van der Waals surface area contributed by atoms with Crippen LogP contribution in [0.1, 0.15) is 16.1 Å². The molecule has 3 N–H and O–H groups in total. The third-order valence-electron chi connectivity index (χ3n) is 3.89. The van der Waals surface area contributed by atoms with Crippen molar-refractivity contribution in [2.45, 2.75) is 6.42 Å². The third-order valence-corrected chi connectivity index (χ3v) is 3.89. The zero-order valence-electron chi connectivity index (χ0n) is 13.7. The van der Waals surface area contributed by atoms with Crippen molar-refractivity contribution in [1.29, 1.82) is 0 Å². The van der Waals surface area contributed by atoms with Crippen LogP contribution in [0, 0.1) is 0 Å². The van der Waals surface area contributed by atoms with Gasteiger partial charge in [0, 0.05) is 18.0 Å². The van der Waals surface area contributed by atoms with Crippen molar-refractivity contribution in [2.24, 2.45) is 0 Å². The summed E-state index contributed by atoms with van der Waals surface area (Å²) < 4.78 is 5.10. The fraction of sp³-hybridized carbons (Fsp3) is 0.158. The fourth-order valence-corrected chi connectivity index (χ4v) is 2.53. The van der Waals surface area contributed by atoms with E-state index in [4.69, 9.17) is 4.74 Å². The minimum Gasteiger partial charge on any atom is -0.507 e. The van der Waals surface area contributed by atoms with Gasteiger partial charge in [0.1, 0.15) is 28.5 Å². The number of ether oxygens (including phenoxy) is 1. The summed E-state index contributed by atoms with van der Waals surface area (Å²) in [6.07, 6.45) is 0.653. The molecule has 0 bridgehead atoms. The number of carbonyl (C=O) groups is 1. The number of aromatic hydroxyl groups is 2. The van der Waals surface area contributed by atoms with Crippen LogP contribution < -0.4 is 10.1 Å². The largest absolute Gasteiger partial charge is 0.507 e.